The zero-order valence-corrected chi connectivity index (χ0v) is 11.7. The predicted molar refractivity (Wildman–Crippen MR) is 75.3 cm³/mol. The summed E-state index contributed by atoms with van der Waals surface area (Å²) >= 11 is 0. The van der Waals surface area contributed by atoms with E-state index in [-0.39, 0.29) is 5.91 Å². The number of carbonyl (C=O) groups excluding carboxylic acids is 2. The Bertz CT molecular complexity index is 439. The molecule has 5 N–H and O–H groups in total. The first-order chi connectivity index (χ1) is 9.61. The number of nitrogens with two attached hydrogens (primary N) is 2. The van der Waals surface area contributed by atoms with Crippen LogP contribution in [0.5, 0.6) is 0 Å². The van der Waals surface area contributed by atoms with Crippen LogP contribution < -0.4 is 16.4 Å². The van der Waals surface area contributed by atoms with E-state index in [9.17, 15) is 9.59 Å². The third-order valence-corrected chi connectivity index (χ3v) is 2.62. The third-order valence-electron chi connectivity index (χ3n) is 2.62. The number of carbonyl (C=O) groups is 2. The van der Waals surface area contributed by atoms with Gasteiger partial charge in [-0.2, -0.15) is 0 Å². The molecule has 110 valence electrons. The largest absolute Gasteiger partial charge is 0.450 e. The van der Waals surface area contributed by atoms with Crippen molar-refractivity contribution in [2.75, 3.05) is 13.2 Å². The lowest BCUT2D eigenvalue weighted by Gasteiger charge is -2.05. The second-order valence-electron chi connectivity index (χ2n) is 4.35. The van der Waals surface area contributed by atoms with Crippen molar-refractivity contribution in [2.45, 2.75) is 26.2 Å². The fraction of sp³-hybridized carbons (Fsp3) is 0.429. The van der Waals surface area contributed by atoms with E-state index in [2.05, 4.69) is 5.32 Å². The Labute approximate surface area is 118 Å². The van der Waals surface area contributed by atoms with Gasteiger partial charge in [-0.3, -0.25) is 0 Å². The molecule has 0 atom stereocenters. The Morgan fingerprint density at radius 2 is 2.30 bits per heavy atom. The first kappa shape index (κ1) is 16.0. The summed E-state index contributed by atoms with van der Waals surface area (Å²) in [6.45, 7) is 2.40. The molecule has 0 aromatic heterocycles. The molecule has 0 aromatic rings. The second kappa shape index (κ2) is 8.92. The van der Waals surface area contributed by atoms with Crippen LogP contribution in [0, 0.1) is 0 Å². The molecule has 6 nitrogen and oxygen atoms in total. The number of hydrogen-bond donors (Lipinski definition) is 3. The van der Waals surface area contributed by atoms with E-state index in [0.717, 1.165) is 18.5 Å². The van der Waals surface area contributed by atoms with Gasteiger partial charge in [0, 0.05) is 18.7 Å². The minimum absolute atomic E-state index is 0.142. The van der Waals surface area contributed by atoms with Crippen LogP contribution in [-0.2, 0) is 9.53 Å². The molecule has 0 aliphatic heterocycles. The van der Waals surface area contributed by atoms with Crippen LogP contribution in [0.2, 0.25) is 0 Å². The number of amides is 2. The van der Waals surface area contributed by atoms with Gasteiger partial charge in [-0.05, 0) is 31.9 Å². The molecule has 2 amide bonds. The van der Waals surface area contributed by atoms with Crippen molar-refractivity contribution in [3.63, 3.8) is 0 Å². The highest BCUT2D eigenvalue weighted by molar-refractivity contribution is 5.80. The molecule has 6 heteroatoms. The van der Waals surface area contributed by atoms with Crippen LogP contribution in [0.1, 0.15) is 26.2 Å². The summed E-state index contributed by atoms with van der Waals surface area (Å²) in [6.07, 6.45) is 9.27. The Morgan fingerprint density at radius 1 is 1.50 bits per heavy atom. The number of hydrogen-bond acceptors (Lipinski definition) is 4. The Kier molecular flexibility index (Phi) is 7.13. The number of nitrogens with one attached hydrogen (secondary N) is 1. The molecule has 0 radical (unpaired) electrons. The lowest BCUT2D eigenvalue weighted by molar-refractivity contribution is -0.509. The van der Waals surface area contributed by atoms with Gasteiger partial charge in [-0.15, -0.1) is 0 Å². The summed E-state index contributed by atoms with van der Waals surface area (Å²) in [5.74, 6) is -0.142. The first-order valence-corrected chi connectivity index (χ1v) is 6.74. The quantitative estimate of drug-likeness (QED) is 0.609. The average molecular weight is 280 g/mol. The number of alkyl carbamates (subject to hydrolysis) is 1. The maximum Gasteiger partial charge on any atom is 0.407 e. The van der Waals surface area contributed by atoms with Gasteiger partial charge in [-0.25, -0.2) is 14.9 Å². The van der Waals surface area contributed by atoms with E-state index in [0.29, 0.717) is 25.3 Å². The van der Waals surface area contributed by atoms with Gasteiger partial charge in [0.05, 0.1) is 12.7 Å². The zero-order chi connectivity index (χ0) is 14.8. The maximum absolute atomic E-state index is 11.7. The van der Waals surface area contributed by atoms with Crippen molar-refractivity contribution in [1.82, 2.24) is 5.32 Å². The number of ether oxygens (including phenoxy) is 1. The van der Waals surface area contributed by atoms with E-state index >= 15 is 0 Å². The molecule has 0 heterocycles. The van der Waals surface area contributed by atoms with Gasteiger partial charge in [0.15, 0.2) is 0 Å². The number of primary amides is 1. The van der Waals surface area contributed by atoms with Crippen LogP contribution in [0.15, 0.2) is 35.7 Å². The Hall–Kier alpha value is -2.08. The minimum atomic E-state index is -0.476. The molecule has 1 rings (SSSR count). The third kappa shape index (κ3) is 6.75. The van der Waals surface area contributed by atoms with Gasteiger partial charge >= 0.3 is 12.0 Å². The van der Waals surface area contributed by atoms with Gasteiger partial charge < -0.3 is 15.8 Å². The van der Waals surface area contributed by atoms with Crippen molar-refractivity contribution in [3.05, 3.63) is 35.7 Å². The number of allylic oxidation sites excluding steroid dienone is 3. The van der Waals surface area contributed by atoms with Crippen molar-refractivity contribution in [3.8, 4) is 0 Å². The van der Waals surface area contributed by atoms with Crippen LogP contribution in [0.4, 0.5) is 4.79 Å². The molecule has 20 heavy (non-hydrogen) atoms. The highest BCUT2D eigenvalue weighted by Gasteiger charge is 2.08. The van der Waals surface area contributed by atoms with Crippen molar-refractivity contribution >= 4 is 12.0 Å². The second-order valence-corrected chi connectivity index (χ2v) is 4.35. The molecule has 0 unspecified atom stereocenters. The topological polar surface area (TPSA) is 98.0 Å². The van der Waals surface area contributed by atoms with Crippen LogP contribution in [0.3, 0.4) is 0 Å². The lowest BCUT2D eigenvalue weighted by Crippen LogP contribution is -2.85. The van der Waals surface area contributed by atoms with Crippen molar-refractivity contribution in [1.29, 1.82) is 0 Å². The highest BCUT2D eigenvalue weighted by Crippen LogP contribution is 2.02. The normalized spacial score (nSPS) is 14.7. The summed E-state index contributed by atoms with van der Waals surface area (Å²) in [5, 5.41) is 4.10. The monoisotopic (exact) mass is 280 g/mol. The van der Waals surface area contributed by atoms with Gasteiger partial charge in [0.25, 0.3) is 0 Å². The zero-order valence-electron chi connectivity index (χ0n) is 11.7. The molecular weight excluding hydrogens is 258 g/mol. The van der Waals surface area contributed by atoms with Crippen molar-refractivity contribution < 1.29 is 19.6 Å². The number of quaternary nitrogens is 1. The van der Waals surface area contributed by atoms with E-state index in [1.54, 1.807) is 12.2 Å². The van der Waals surface area contributed by atoms with Crippen LogP contribution in [0.25, 0.3) is 0 Å². The van der Waals surface area contributed by atoms with E-state index in [4.69, 9.17) is 10.5 Å². The molecule has 0 bridgehead atoms. The molecular formula is C14H22N3O3+. The fourth-order valence-electron chi connectivity index (χ4n) is 1.69. The van der Waals surface area contributed by atoms with E-state index in [1.165, 1.54) is 6.08 Å². The van der Waals surface area contributed by atoms with E-state index < -0.39 is 6.09 Å². The maximum atomic E-state index is 11.7. The van der Waals surface area contributed by atoms with Crippen molar-refractivity contribution in [2.24, 2.45) is 5.73 Å². The summed E-state index contributed by atoms with van der Waals surface area (Å²) in [6, 6.07) is 0. The molecule has 1 aliphatic rings. The summed E-state index contributed by atoms with van der Waals surface area (Å²) in [5.41, 5.74) is 7.08. The van der Waals surface area contributed by atoms with Crippen LogP contribution in [-0.4, -0.2) is 25.2 Å². The fourth-order valence-corrected chi connectivity index (χ4v) is 1.69. The summed E-state index contributed by atoms with van der Waals surface area (Å²) in [7, 11) is 0. The predicted octanol–water partition coefficient (Wildman–Crippen LogP) is 0.289. The molecule has 0 aromatic carbocycles. The molecule has 1 aliphatic carbocycles. The Balaban J connectivity index is 2.29. The highest BCUT2D eigenvalue weighted by atomic mass is 16.5. The standard InChI is InChI=1S/C14H21N3O3/c1-2-20-14(19)16-9-8-11(15)10-13(18)17-12-6-4-3-5-7-12/h4,6-7,10H,2-3,5,8-9,15H2,1H3,(H,16,19)(H,17,18)/p+1. The summed E-state index contributed by atoms with van der Waals surface area (Å²) in [4.78, 5) is 22.8. The molecule has 0 spiro atoms. The average Bonchev–Trinajstić information content (AvgIpc) is 2.39. The van der Waals surface area contributed by atoms with Crippen LogP contribution >= 0.6 is 0 Å². The smallest absolute Gasteiger partial charge is 0.407 e. The molecule has 0 fully saturated rings. The summed E-state index contributed by atoms with van der Waals surface area (Å²) < 4.78 is 4.71. The number of rotatable bonds is 6. The van der Waals surface area contributed by atoms with Gasteiger partial charge in [0.2, 0.25) is 0 Å². The lowest BCUT2D eigenvalue weighted by atomic mass is 10.1. The minimum Gasteiger partial charge on any atom is -0.450 e. The van der Waals surface area contributed by atoms with Gasteiger partial charge in [-0.1, -0.05) is 6.08 Å². The van der Waals surface area contributed by atoms with Gasteiger partial charge in [0.1, 0.15) is 5.70 Å². The van der Waals surface area contributed by atoms with E-state index in [1.807, 2.05) is 18.2 Å². The first-order valence-electron chi connectivity index (χ1n) is 6.74. The Morgan fingerprint density at radius 3 is 2.95 bits per heavy atom. The SMILES string of the molecule is CCOC(=O)NCCC(N)=CC(=O)[NH2+]C1=CCCC=C1. The molecule has 0 saturated heterocycles. The molecule has 0 saturated carbocycles.